The summed E-state index contributed by atoms with van der Waals surface area (Å²) in [5.74, 6) is 0. The number of hydrogen-bond acceptors (Lipinski definition) is 8. The van der Waals surface area contributed by atoms with Crippen molar-refractivity contribution in [2.45, 2.75) is 51.1 Å². The smallest absolute Gasteiger partial charge is 0.237 e. The third-order valence-electron chi connectivity index (χ3n) is 5.73. The summed E-state index contributed by atoms with van der Waals surface area (Å²) in [6.07, 6.45) is 0.270. The standard InChI is InChI=1S/C24H21Cl2N5O4S2/c1-6-17-9-7-8-10-20(17)31(36(32,33)23-18(11-27)13(2)21(25)15(4)29-23)37(34,35)24-19(12-28)14(3)22(26)16(5)30-24/h7-10H,6H2,1-5H3. The van der Waals surface area contributed by atoms with Gasteiger partial charge in [0.25, 0.3) is 20.0 Å². The van der Waals surface area contributed by atoms with Crippen molar-refractivity contribution in [3.8, 4) is 12.1 Å². The summed E-state index contributed by atoms with van der Waals surface area (Å²) in [7, 11) is -10.2. The first kappa shape index (κ1) is 28.4. The Morgan fingerprint density at radius 1 is 0.811 bits per heavy atom. The molecule has 0 aliphatic heterocycles. The summed E-state index contributed by atoms with van der Waals surface area (Å²) < 4.78 is 57.0. The fourth-order valence-electron chi connectivity index (χ4n) is 3.77. The van der Waals surface area contributed by atoms with Crippen molar-refractivity contribution < 1.29 is 16.8 Å². The van der Waals surface area contributed by atoms with Crippen LogP contribution < -0.4 is 3.71 Å². The van der Waals surface area contributed by atoms with E-state index in [4.69, 9.17) is 23.2 Å². The normalized spacial score (nSPS) is 11.6. The predicted octanol–water partition coefficient (Wildman–Crippen LogP) is 4.91. The number of nitrogens with zero attached hydrogens (tertiary/aromatic N) is 5. The number of benzene rings is 1. The van der Waals surface area contributed by atoms with E-state index in [0.29, 0.717) is 5.56 Å². The molecule has 13 heteroatoms. The van der Waals surface area contributed by atoms with E-state index in [0.717, 1.165) is 0 Å². The van der Waals surface area contributed by atoms with Crippen LogP contribution in [0.25, 0.3) is 0 Å². The molecule has 0 aliphatic rings. The van der Waals surface area contributed by atoms with E-state index >= 15 is 0 Å². The van der Waals surface area contributed by atoms with Gasteiger partial charge in [-0.05, 0) is 56.9 Å². The van der Waals surface area contributed by atoms with Crippen molar-refractivity contribution in [1.82, 2.24) is 9.97 Å². The molecule has 0 spiro atoms. The third kappa shape index (κ3) is 4.64. The number of aromatic nitrogens is 2. The summed E-state index contributed by atoms with van der Waals surface area (Å²) in [6, 6.07) is 9.55. The average Bonchev–Trinajstić information content (AvgIpc) is 2.85. The van der Waals surface area contributed by atoms with Gasteiger partial charge in [-0.1, -0.05) is 48.3 Å². The average molecular weight is 579 g/mol. The van der Waals surface area contributed by atoms with Crippen LogP contribution in [0, 0.1) is 50.4 Å². The quantitative estimate of drug-likeness (QED) is 0.401. The molecule has 0 fully saturated rings. The first-order valence-corrected chi connectivity index (χ1v) is 14.4. The van der Waals surface area contributed by atoms with Crippen molar-refractivity contribution in [1.29, 1.82) is 10.5 Å². The van der Waals surface area contributed by atoms with Gasteiger partial charge in [-0.15, -0.1) is 0 Å². The number of aryl methyl sites for hydroxylation is 3. The van der Waals surface area contributed by atoms with Crippen LogP contribution in [0.15, 0.2) is 34.3 Å². The van der Waals surface area contributed by atoms with Gasteiger partial charge < -0.3 is 0 Å². The minimum atomic E-state index is -5.09. The molecule has 1 aromatic carbocycles. The maximum Gasteiger partial charge on any atom is 0.296 e. The predicted molar refractivity (Wildman–Crippen MR) is 140 cm³/mol. The molecule has 3 aromatic rings. The number of para-hydroxylation sites is 1. The molecule has 0 unspecified atom stereocenters. The van der Waals surface area contributed by atoms with Crippen molar-refractivity contribution in [3.05, 3.63) is 73.5 Å². The lowest BCUT2D eigenvalue weighted by Crippen LogP contribution is -2.39. The van der Waals surface area contributed by atoms with Crippen molar-refractivity contribution >= 4 is 48.9 Å². The third-order valence-corrected chi connectivity index (χ3v) is 10.9. The van der Waals surface area contributed by atoms with E-state index in [1.54, 1.807) is 31.2 Å². The summed E-state index contributed by atoms with van der Waals surface area (Å²) in [5.41, 5.74) is -0.189. The molecule has 0 bridgehead atoms. The Kier molecular flexibility index (Phi) is 7.87. The summed E-state index contributed by atoms with van der Waals surface area (Å²) in [5, 5.41) is 18.2. The van der Waals surface area contributed by atoms with E-state index < -0.39 is 41.2 Å². The van der Waals surface area contributed by atoms with Gasteiger partial charge >= 0.3 is 0 Å². The Labute approximate surface area is 226 Å². The van der Waals surface area contributed by atoms with E-state index in [2.05, 4.69) is 9.97 Å². The first-order chi connectivity index (χ1) is 17.2. The van der Waals surface area contributed by atoms with E-state index in [-0.39, 0.29) is 48.4 Å². The minimum absolute atomic E-state index is 0.0799. The molecule has 0 radical (unpaired) electrons. The van der Waals surface area contributed by atoms with Crippen LogP contribution in [0.1, 0.15) is 46.1 Å². The van der Waals surface area contributed by atoms with Gasteiger partial charge in [0, 0.05) is 0 Å². The highest BCUT2D eigenvalue weighted by atomic mass is 35.5. The molecule has 0 atom stereocenters. The van der Waals surface area contributed by atoms with Crippen LogP contribution in [-0.4, -0.2) is 26.8 Å². The maximum atomic E-state index is 14.2. The van der Waals surface area contributed by atoms with Crippen LogP contribution in [0.2, 0.25) is 10.0 Å². The number of pyridine rings is 2. The molecule has 2 aromatic heterocycles. The number of nitriles is 2. The van der Waals surface area contributed by atoms with Crippen LogP contribution in [0.5, 0.6) is 0 Å². The Hall–Kier alpha value is -3.22. The first-order valence-electron chi connectivity index (χ1n) is 10.8. The zero-order valence-electron chi connectivity index (χ0n) is 20.5. The largest absolute Gasteiger partial charge is 0.296 e. The van der Waals surface area contributed by atoms with Crippen LogP contribution in [-0.2, 0) is 26.5 Å². The molecular weight excluding hydrogens is 557 g/mol. The van der Waals surface area contributed by atoms with Crippen molar-refractivity contribution in [2.75, 3.05) is 3.71 Å². The number of halogens is 2. The second-order valence-electron chi connectivity index (χ2n) is 8.05. The SMILES string of the molecule is CCc1ccccc1N(S(=O)(=O)c1nc(C)c(Cl)c(C)c1C#N)S(=O)(=O)c1nc(C)c(Cl)c(C)c1C#N. The van der Waals surface area contributed by atoms with E-state index in [9.17, 15) is 27.4 Å². The van der Waals surface area contributed by atoms with Gasteiger partial charge in [0.1, 0.15) is 12.1 Å². The Morgan fingerprint density at radius 3 is 1.59 bits per heavy atom. The highest BCUT2D eigenvalue weighted by molar-refractivity contribution is 8.10. The molecule has 3 rings (SSSR count). The molecule has 2 heterocycles. The second kappa shape index (κ2) is 10.3. The van der Waals surface area contributed by atoms with Crippen molar-refractivity contribution in [3.63, 3.8) is 0 Å². The lowest BCUT2D eigenvalue weighted by molar-refractivity contribution is 0.578. The molecule has 0 saturated carbocycles. The Balaban J connectivity index is 2.55. The van der Waals surface area contributed by atoms with Gasteiger partial charge in [-0.3, -0.25) is 0 Å². The van der Waals surface area contributed by atoms with E-state index in [1.165, 1.54) is 39.8 Å². The van der Waals surface area contributed by atoms with Gasteiger partial charge in [0.05, 0.1) is 38.2 Å². The summed E-state index contributed by atoms with van der Waals surface area (Å²) in [4.78, 5) is 8.04. The molecule has 0 amide bonds. The lowest BCUT2D eigenvalue weighted by atomic mass is 10.1. The number of hydrogen-bond donors (Lipinski definition) is 0. The lowest BCUT2D eigenvalue weighted by Gasteiger charge is -2.26. The highest BCUT2D eigenvalue weighted by Crippen LogP contribution is 2.37. The van der Waals surface area contributed by atoms with E-state index in [1.807, 2.05) is 0 Å². The van der Waals surface area contributed by atoms with Gasteiger partial charge in [-0.25, -0.2) is 9.97 Å². The van der Waals surface area contributed by atoms with Gasteiger partial charge in [0.15, 0.2) is 10.1 Å². The zero-order chi connectivity index (χ0) is 27.9. The molecule has 37 heavy (non-hydrogen) atoms. The molecule has 0 saturated heterocycles. The van der Waals surface area contributed by atoms with Gasteiger partial charge in [-0.2, -0.15) is 31.1 Å². The Morgan fingerprint density at radius 2 is 1.22 bits per heavy atom. The molecule has 0 aliphatic carbocycles. The molecule has 9 nitrogen and oxygen atoms in total. The highest BCUT2D eigenvalue weighted by Gasteiger charge is 2.43. The number of sulfonamides is 2. The minimum Gasteiger partial charge on any atom is -0.237 e. The molecule has 0 N–H and O–H groups in total. The topological polar surface area (TPSA) is 145 Å². The zero-order valence-corrected chi connectivity index (χ0v) is 23.6. The maximum absolute atomic E-state index is 14.2. The number of anilines is 1. The second-order valence-corrected chi connectivity index (χ2v) is 12.4. The van der Waals surface area contributed by atoms with Gasteiger partial charge in [0.2, 0.25) is 0 Å². The van der Waals surface area contributed by atoms with Crippen molar-refractivity contribution in [2.24, 2.45) is 0 Å². The Bertz CT molecular complexity index is 1640. The molecular formula is C24H21Cl2N5O4S2. The fraction of sp³-hybridized carbons (Fsp3) is 0.250. The van der Waals surface area contributed by atoms with Crippen LogP contribution in [0.4, 0.5) is 5.69 Å². The fourth-order valence-corrected chi connectivity index (χ4v) is 8.10. The summed E-state index contributed by atoms with van der Waals surface area (Å²) >= 11 is 12.4. The molecule has 192 valence electrons. The summed E-state index contributed by atoms with van der Waals surface area (Å²) in [6.45, 7) is 7.48. The van der Waals surface area contributed by atoms with Crippen LogP contribution in [0.3, 0.4) is 0 Å². The number of rotatable bonds is 6. The van der Waals surface area contributed by atoms with Crippen LogP contribution >= 0.6 is 23.2 Å². The monoisotopic (exact) mass is 577 g/mol.